The molecule has 0 heterocycles. The van der Waals surface area contributed by atoms with Crippen LogP contribution in [-0.2, 0) is 11.2 Å². The van der Waals surface area contributed by atoms with Gasteiger partial charge in [0.15, 0.2) is 0 Å². The van der Waals surface area contributed by atoms with E-state index in [9.17, 15) is 9.59 Å². The Morgan fingerprint density at radius 3 is 2.48 bits per heavy atom. The minimum absolute atomic E-state index is 0.0932. The number of amides is 2. The molecule has 0 aromatic heterocycles. The number of hydrogen-bond donors (Lipinski definition) is 3. The molecule has 0 aliphatic heterocycles. The van der Waals surface area contributed by atoms with Crippen molar-refractivity contribution in [1.82, 2.24) is 10.6 Å². The lowest BCUT2D eigenvalue weighted by atomic mass is 10.1. The lowest BCUT2D eigenvalue weighted by molar-refractivity contribution is -0.119. The summed E-state index contributed by atoms with van der Waals surface area (Å²) in [5.41, 5.74) is 2.45. The summed E-state index contributed by atoms with van der Waals surface area (Å²) in [4.78, 5) is 24.0. The SMILES string of the molecule is CCCNC(=O)c1cccc(NCC(=O)NCCc2ccc(OC)cc2)c1. The molecule has 2 rings (SSSR count). The van der Waals surface area contributed by atoms with E-state index in [-0.39, 0.29) is 18.4 Å². The standard InChI is InChI=1S/C21H27N3O3/c1-3-12-23-21(26)17-5-4-6-18(14-17)24-15-20(25)22-13-11-16-7-9-19(27-2)10-8-16/h4-10,14,24H,3,11-13,15H2,1-2H3,(H,22,25)(H,23,26). The number of rotatable bonds is 10. The summed E-state index contributed by atoms with van der Waals surface area (Å²) in [6, 6.07) is 14.9. The molecule has 0 aliphatic carbocycles. The molecule has 0 aliphatic rings. The highest BCUT2D eigenvalue weighted by molar-refractivity contribution is 5.95. The summed E-state index contributed by atoms with van der Waals surface area (Å²) in [7, 11) is 1.63. The Bertz CT molecular complexity index is 745. The Morgan fingerprint density at radius 1 is 1.00 bits per heavy atom. The number of carbonyl (C=O) groups excluding carboxylic acids is 2. The van der Waals surface area contributed by atoms with Crippen LogP contribution in [0.1, 0.15) is 29.3 Å². The third kappa shape index (κ3) is 7.01. The molecule has 0 spiro atoms. The minimum atomic E-state index is -0.107. The van der Waals surface area contributed by atoms with Crippen molar-refractivity contribution in [3.05, 3.63) is 59.7 Å². The molecular weight excluding hydrogens is 342 g/mol. The van der Waals surface area contributed by atoms with Gasteiger partial charge < -0.3 is 20.7 Å². The van der Waals surface area contributed by atoms with Crippen LogP contribution in [0.5, 0.6) is 5.75 Å². The first-order chi connectivity index (χ1) is 13.1. The molecule has 0 radical (unpaired) electrons. The highest BCUT2D eigenvalue weighted by Crippen LogP contribution is 2.12. The van der Waals surface area contributed by atoms with Crippen LogP contribution in [0.2, 0.25) is 0 Å². The first kappa shape index (κ1) is 20.3. The van der Waals surface area contributed by atoms with Crippen molar-refractivity contribution in [2.75, 3.05) is 32.1 Å². The highest BCUT2D eigenvalue weighted by atomic mass is 16.5. The summed E-state index contributed by atoms with van der Waals surface area (Å²) in [5.74, 6) is 0.617. The van der Waals surface area contributed by atoms with E-state index < -0.39 is 0 Å². The van der Waals surface area contributed by atoms with Crippen molar-refractivity contribution >= 4 is 17.5 Å². The van der Waals surface area contributed by atoms with Crippen molar-refractivity contribution in [3.8, 4) is 5.75 Å². The molecule has 2 aromatic rings. The van der Waals surface area contributed by atoms with Gasteiger partial charge in [-0.3, -0.25) is 9.59 Å². The number of benzene rings is 2. The van der Waals surface area contributed by atoms with Gasteiger partial charge in [-0.15, -0.1) is 0 Å². The van der Waals surface area contributed by atoms with E-state index in [1.165, 1.54) is 0 Å². The average molecular weight is 369 g/mol. The predicted molar refractivity (Wildman–Crippen MR) is 107 cm³/mol. The van der Waals surface area contributed by atoms with Crippen LogP contribution in [0.15, 0.2) is 48.5 Å². The minimum Gasteiger partial charge on any atom is -0.497 e. The molecule has 6 nitrogen and oxygen atoms in total. The Morgan fingerprint density at radius 2 is 1.78 bits per heavy atom. The number of ether oxygens (including phenoxy) is 1. The summed E-state index contributed by atoms with van der Waals surface area (Å²) in [5, 5.41) is 8.77. The van der Waals surface area contributed by atoms with E-state index in [2.05, 4.69) is 16.0 Å². The van der Waals surface area contributed by atoms with Gasteiger partial charge in [0.2, 0.25) is 5.91 Å². The molecule has 0 bridgehead atoms. The average Bonchev–Trinajstić information content (AvgIpc) is 2.71. The second-order valence-corrected chi connectivity index (χ2v) is 6.14. The summed E-state index contributed by atoms with van der Waals surface area (Å²) >= 11 is 0. The van der Waals surface area contributed by atoms with Crippen LogP contribution in [0, 0.1) is 0 Å². The third-order valence-corrected chi connectivity index (χ3v) is 4.01. The Kier molecular flexibility index (Phi) is 8.16. The normalized spacial score (nSPS) is 10.1. The summed E-state index contributed by atoms with van der Waals surface area (Å²) in [6.45, 7) is 3.37. The molecule has 2 aromatic carbocycles. The second-order valence-electron chi connectivity index (χ2n) is 6.14. The predicted octanol–water partition coefficient (Wildman–Crippen LogP) is 2.61. The monoisotopic (exact) mass is 369 g/mol. The molecule has 27 heavy (non-hydrogen) atoms. The fourth-order valence-electron chi connectivity index (χ4n) is 2.49. The number of carbonyl (C=O) groups is 2. The van der Waals surface area contributed by atoms with Crippen LogP contribution in [0.4, 0.5) is 5.69 Å². The topological polar surface area (TPSA) is 79.5 Å². The van der Waals surface area contributed by atoms with Gasteiger partial charge in [-0.05, 0) is 48.7 Å². The lowest BCUT2D eigenvalue weighted by Crippen LogP contribution is -2.31. The highest BCUT2D eigenvalue weighted by Gasteiger charge is 2.06. The van der Waals surface area contributed by atoms with Gasteiger partial charge in [-0.25, -0.2) is 0 Å². The van der Waals surface area contributed by atoms with Gasteiger partial charge in [0.25, 0.3) is 5.91 Å². The molecule has 0 unspecified atom stereocenters. The zero-order chi connectivity index (χ0) is 19.5. The van der Waals surface area contributed by atoms with E-state index in [1.54, 1.807) is 25.3 Å². The van der Waals surface area contributed by atoms with E-state index in [0.29, 0.717) is 18.7 Å². The van der Waals surface area contributed by atoms with Gasteiger partial charge in [-0.1, -0.05) is 25.1 Å². The van der Waals surface area contributed by atoms with Crippen molar-refractivity contribution < 1.29 is 14.3 Å². The van der Waals surface area contributed by atoms with E-state index in [1.807, 2.05) is 37.3 Å². The molecule has 0 fully saturated rings. The van der Waals surface area contributed by atoms with Gasteiger partial charge in [0.1, 0.15) is 5.75 Å². The molecule has 2 amide bonds. The van der Waals surface area contributed by atoms with Crippen LogP contribution in [-0.4, -0.2) is 38.6 Å². The molecule has 6 heteroatoms. The number of methoxy groups -OCH3 is 1. The first-order valence-corrected chi connectivity index (χ1v) is 9.14. The zero-order valence-electron chi connectivity index (χ0n) is 15.9. The molecule has 144 valence electrons. The van der Waals surface area contributed by atoms with E-state index in [0.717, 1.165) is 29.8 Å². The van der Waals surface area contributed by atoms with Crippen molar-refractivity contribution in [2.24, 2.45) is 0 Å². The quantitative estimate of drug-likeness (QED) is 0.601. The van der Waals surface area contributed by atoms with Gasteiger partial charge >= 0.3 is 0 Å². The molecule has 3 N–H and O–H groups in total. The Labute approximate surface area is 160 Å². The molecule has 0 saturated carbocycles. The maximum Gasteiger partial charge on any atom is 0.251 e. The number of nitrogens with one attached hydrogen (secondary N) is 3. The Balaban J connectivity index is 1.74. The maximum atomic E-state index is 12.0. The molecule has 0 atom stereocenters. The van der Waals surface area contributed by atoms with Crippen molar-refractivity contribution in [1.29, 1.82) is 0 Å². The number of anilines is 1. The van der Waals surface area contributed by atoms with Crippen molar-refractivity contribution in [3.63, 3.8) is 0 Å². The largest absolute Gasteiger partial charge is 0.497 e. The fraction of sp³-hybridized carbons (Fsp3) is 0.333. The number of hydrogen-bond acceptors (Lipinski definition) is 4. The van der Waals surface area contributed by atoms with Crippen LogP contribution < -0.4 is 20.7 Å². The second kappa shape index (κ2) is 10.9. The summed E-state index contributed by atoms with van der Waals surface area (Å²) < 4.78 is 5.13. The summed E-state index contributed by atoms with van der Waals surface area (Å²) in [6.07, 6.45) is 1.64. The molecule has 0 saturated heterocycles. The Hall–Kier alpha value is -3.02. The van der Waals surface area contributed by atoms with E-state index >= 15 is 0 Å². The first-order valence-electron chi connectivity index (χ1n) is 9.14. The maximum absolute atomic E-state index is 12.0. The van der Waals surface area contributed by atoms with Gasteiger partial charge in [0.05, 0.1) is 13.7 Å². The molecular formula is C21H27N3O3. The van der Waals surface area contributed by atoms with Gasteiger partial charge in [-0.2, -0.15) is 0 Å². The van der Waals surface area contributed by atoms with Crippen LogP contribution in [0.3, 0.4) is 0 Å². The van der Waals surface area contributed by atoms with Crippen molar-refractivity contribution in [2.45, 2.75) is 19.8 Å². The fourth-order valence-corrected chi connectivity index (χ4v) is 2.49. The lowest BCUT2D eigenvalue weighted by Gasteiger charge is -2.10. The van der Waals surface area contributed by atoms with Crippen LogP contribution >= 0.6 is 0 Å². The smallest absolute Gasteiger partial charge is 0.251 e. The third-order valence-electron chi connectivity index (χ3n) is 4.01. The van der Waals surface area contributed by atoms with Gasteiger partial charge in [0, 0.05) is 24.3 Å². The van der Waals surface area contributed by atoms with Crippen LogP contribution in [0.25, 0.3) is 0 Å². The van der Waals surface area contributed by atoms with E-state index in [4.69, 9.17) is 4.74 Å². The zero-order valence-corrected chi connectivity index (χ0v) is 15.9.